The van der Waals surface area contributed by atoms with Gasteiger partial charge in [0, 0.05) is 13.7 Å². The van der Waals surface area contributed by atoms with E-state index in [9.17, 15) is 4.79 Å². The maximum absolute atomic E-state index is 12.3. The fourth-order valence-corrected chi connectivity index (χ4v) is 2.72. The van der Waals surface area contributed by atoms with E-state index in [-0.39, 0.29) is 5.91 Å². The molecule has 1 aliphatic heterocycles. The van der Waals surface area contributed by atoms with Gasteiger partial charge in [-0.25, -0.2) is 0 Å². The second-order valence-corrected chi connectivity index (χ2v) is 5.46. The predicted molar refractivity (Wildman–Crippen MR) is 64.7 cm³/mol. The lowest BCUT2D eigenvalue weighted by Crippen LogP contribution is -2.44. The van der Waals surface area contributed by atoms with Gasteiger partial charge in [-0.2, -0.15) is 0 Å². The normalized spacial score (nSPS) is 23.9. The van der Waals surface area contributed by atoms with Gasteiger partial charge >= 0.3 is 0 Å². The third-order valence-corrected chi connectivity index (χ3v) is 3.95. The van der Waals surface area contributed by atoms with Crippen molar-refractivity contribution in [3.8, 4) is 0 Å². The highest BCUT2D eigenvalue weighted by Gasteiger charge is 2.39. The number of carbonyl (C=O) groups excluding carboxylic acids is 1. The number of aryl methyl sites for hydroxylation is 1. The topological polar surface area (TPSA) is 55.3 Å². The van der Waals surface area contributed by atoms with E-state index in [0.717, 1.165) is 23.4 Å². The second kappa shape index (κ2) is 4.70. The maximum atomic E-state index is 12.3. The van der Waals surface area contributed by atoms with Crippen molar-refractivity contribution in [2.75, 3.05) is 13.7 Å². The van der Waals surface area contributed by atoms with Gasteiger partial charge in [0.25, 0.3) is 5.91 Å². The molecule has 0 unspecified atom stereocenters. The van der Waals surface area contributed by atoms with E-state index in [1.165, 1.54) is 11.5 Å². The molecule has 1 aromatic rings. The molecule has 0 bridgehead atoms. The molecule has 0 aliphatic carbocycles. The summed E-state index contributed by atoms with van der Waals surface area (Å²) in [6.45, 7) is 5.01. The standard InChI is InChI=1S/C11H17N3O2S/c1-8-9(17-13-12-8)7-14(3)10(15)11(2)5-4-6-16-11/h4-7H2,1-3H3/t11-/m0/s1. The molecule has 0 saturated carbocycles. The summed E-state index contributed by atoms with van der Waals surface area (Å²) in [5.41, 5.74) is 0.257. The van der Waals surface area contributed by atoms with Crippen LogP contribution < -0.4 is 0 Å². The van der Waals surface area contributed by atoms with Crippen LogP contribution in [-0.2, 0) is 16.1 Å². The Morgan fingerprint density at radius 2 is 2.41 bits per heavy atom. The van der Waals surface area contributed by atoms with Crippen LogP contribution in [0.25, 0.3) is 0 Å². The average molecular weight is 255 g/mol. The fraction of sp³-hybridized carbons (Fsp3) is 0.727. The Bertz CT molecular complexity index is 413. The Hall–Kier alpha value is -1.01. The number of hydrogen-bond donors (Lipinski definition) is 0. The van der Waals surface area contributed by atoms with Crippen molar-refractivity contribution in [2.45, 2.75) is 38.8 Å². The summed E-state index contributed by atoms with van der Waals surface area (Å²) < 4.78 is 9.43. The van der Waals surface area contributed by atoms with Crippen LogP contribution >= 0.6 is 11.5 Å². The Morgan fingerprint density at radius 1 is 1.65 bits per heavy atom. The van der Waals surface area contributed by atoms with Crippen LogP contribution in [0.5, 0.6) is 0 Å². The van der Waals surface area contributed by atoms with Gasteiger partial charge in [-0.05, 0) is 38.2 Å². The molecule has 6 heteroatoms. The first-order valence-electron chi connectivity index (χ1n) is 5.70. The largest absolute Gasteiger partial charge is 0.365 e. The van der Waals surface area contributed by atoms with Gasteiger partial charge in [-0.3, -0.25) is 4.79 Å². The first kappa shape index (κ1) is 12.4. The van der Waals surface area contributed by atoms with Crippen LogP contribution in [0, 0.1) is 6.92 Å². The van der Waals surface area contributed by atoms with Crippen molar-refractivity contribution >= 4 is 17.4 Å². The lowest BCUT2D eigenvalue weighted by molar-refractivity contribution is -0.150. The zero-order valence-electron chi connectivity index (χ0n) is 10.4. The van der Waals surface area contributed by atoms with Crippen LogP contribution in [-0.4, -0.2) is 39.6 Å². The van der Waals surface area contributed by atoms with E-state index in [0.29, 0.717) is 13.2 Å². The van der Waals surface area contributed by atoms with Gasteiger partial charge < -0.3 is 9.64 Å². The van der Waals surface area contributed by atoms with Crippen LogP contribution in [0.15, 0.2) is 0 Å². The maximum Gasteiger partial charge on any atom is 0.254 e. The number of aromatic nitrogens is 2. The highest BCUT2D eigenvalue weighted by molar-refractivity contribution is 7.05. The highest BCUT2D eigenvalue weighted by Crippen LogP contribution is 2.27. The molecule has 2 heterocycles. The molecule has 0 spiro atoms. The van der Waals surface area contributed by atoms with Crippen LogP contribution in [0.4, 0.5) is 0 Å². The van der Waals surface area contributed by atoms with Crippen molar-refractivity contribution in [3.63, 3.8) is 0 Å². The summed E-state index contributed by atoms with van der Waals surface area (Å²) >= 11 is 1.34. The number of ether oxygens (including phenoxy) is 1. The molecule has 2 rings (SSSR count). The number of hydrogen-bond acceptors (Lipinski definition) is 5. The molecule has 0 radical (unpaired) electrons. The summed E-state index contributed by atoms with van der Waals surface area (Å²) in [6.07, 6.45) is 1.76. The van der Waals surface area contributed by atoms with Crippen LogP contribution in [0.1, 0.15) is 30.3 Å². The second-order valence-electron chi connectivity index (χ2n) is 4.63. The fourth-order valence-electron chi connectivity index (χ4n) is 2.03. The summed E-state index contributed by atoms with van der Waals surface area (Å²) in [5, 5.41) is 3.94. The zero-order valence-corrected chi connectivity index (χ0v) is 11.2. The van der Waals surface area contributed by atoms with Gasteiger partial charge in [-0.1, -0.05) is 4.49 Å². The van der Waals surface area contributed by atoms with E-state index in [1.807, 2.05) is 13.8 Å². The van der Waals surface area contributed by atoms with Crippen molar-refractivity contribution in [1.29, 1.82) is 0 Å². The van der Waals surface area contributed by atoms with E-state index in [1.54, 1.807) is 11.9 Å². The van der Waals surface area contributed by atoms with Crippen molar-refractivity contribution in [2.24, 2.45) is 0 Å². The molecule has 1 fully saturated rings. The summed E-state index contributed by atoms with van der Waals surface area (Å²) in [6, 6.07) is 0. The average Bonchev–Trinajstić information content (AvgIpc) is 2.89. The lowest BCUT2D eigenvalue weighted by atomic mass is 10.0. The Morgan fingerprint density at radius 3 is 2.94 bits per heavy atom. The first-order chi connectivity index (χ1) is 8.03. The first-order valence-corrected chi connectivity index (χ1v) is 6.47. The predicted octanol–water partition coefficient (Wildman–Crippen LogP) is 1.37. The van der Waals surface area contributed by atoms with Gasteiger partial charge in [0.15, 0.2) is 0 Å². The van der Waals surface area contributed by atoms with Gasteiger partial charge in [-0.15, -0.1) is 5.10 Å². The summed E-state index contributed by atoms with van der Waals surface area (Å²) in [4.78, 5) is 15.0. The monoisotopic (exact) mass is 255 g/mol. The van der Waals surface area contributed by atoms with E-state index in [4.69, 9.17) is 4.74 Å². The van der Waals surface area contributed by atoms with Crippen LogP contribution in [0.3, 0.4) is 0 Å². The van der Waals surface area contributed by atoms with Gasteiger partial charge in [0.1, 0.15) is 5.60 Å². The van der Waals surface area contributed by atoms with E-state index < -0.39 is 5.60 Å². The molecule has 0 N–H and O–H groups in total. The molecular formula is C11H17N3O2S. The molecule has 1 amide bonds. The zero-order chi connectivity index (χ0) is 12.5. The minimum Gasteiger partial charge on any atom is -0.365 e. The number of likely N-dealkylation sites (N-methyl/N-ethyl adjacent to an activating group) is 1. The van der Waals surface area contributed by atoms with Crippen molar-refractivity contribution in [3.05, 3.63) is 10.6 Å². The smallest absolute Gasteiger partial charge is 0.254 e. The molecule has 1 saturated heterocycles. The molecule has 1 aliphatic rings. The minimum atomic E-state index is -0.638. The quantitative estimate of drug-likeness (QED) is 0.818. The molecule has 5 nitrogen and oxygen atoms in total. The summed E-state index contributed by atoms with van der Waals surface area (Å²) in [5.74, 6) is 0.0443. The van der Waals surface area contributed by atoms with Crippen molar-refractivity contribution < 1.29 is 9.53 Å². The number of amides is 1. The number of nitrogens with zero attached hydrogens (tertiary/aromatic N) is 3. The van der Waals surface area contributed by atoms with E-state index >= 15 is 0 Å². The molecular weight excluding hydrogens is 238 g/mol. The van der Waals surface area contributed by atoms with Gasteiger partial charge in [0.2, 0.25) is 0 Å². The molecule has 94 valence electrons. The number of carbonyl (C=O) groups is 1. The summed E-state index contributed by atoms with van der Waals surface area (Å²) in [7, 11) is 1.80. The Kier molecular flexibility index (Phi) is 3.44. The molecule has 1 aromatic heterocycles. The Balaban J connectivity index is 2.03. The Labute approximate surface area is 105 Å². The third kappa shape index (κ3) is 2.47. The van der Waals surface area contributed by atoms with Crippen LogP contribution in [0.2, 0.25) is 0 Å². The molecule has 17 heavy (non-hydrogen) atoms. The van der Waals surface area contributed by atoms with Gasteiger partial charge in [0.05, 0.1) is 17.1 Å². The van der Waals surface area contributed by atoms with Crippen molar-refractivity contribution in [1.82, 2.24) is 14.5 Å². The molecule has 0 aromatic carbocycles. The van der Waals surface area contributed by atoms with E-state index in [2.05, 4.69) is 9.59 Å². The SMILES string of the molecule is Cc1nnsc1CN(C)C(=O)[C@]1(C)CCCO1. The number of rotatable bonds is 3. The molecule has 1 atom stereocenters. The lowest BCUT2D eigenvalue weighted by Gasteiger charge is -2.27. The minimum absolute atomic E-state index is 0.0443. The third-order valence-electron chi connectivity index (χ3n) is 3.14. The highest BCUT2D eigenvalue weighted by atomic mass is 32.1.